The van der Waals surface area contributed by atoms with Crippen LogP contribution in [0.4, 0.5) is 11.4 Å². The zero-order valence-electron chi connectivity index (χ0n) is 18.4. The van der Waals surface area contributed by atoms with Gasteiger partial charge in [-0.1, -0.05) is 36.4 Å². The van der Waals surface area contributed by atoms with Crippen LogP contribution < -0.4 is 19.7 Å². The van der Waals surface area contributed by atoms with E-state index in [1.165, 1.54) is 14.2 Å². The van der Waals surface area contributed by atoms with Crippen molar-refractivity contribution in [3.8, 4) is 11.5 Å². The maximum atomic E-state index is 13.6. The first-order valence-electron chi connectivity index (χ1n) is 10.2. The molecule has 1 aliphatic heterocycles. The molecular weight excluding hydrogens is 404 g/mol. The minimum absolute atomic E-state index is 0.217. The van der Waals surface area contributed by atoms with Crippen molar-refractivity contribution in [2.75, 3.05) is 24.4 Å². The number of carbonyl (C=O) groups is 2. The van der Waals surface area contributed by atoms with Crippen LogP contribution in [0.5, 0.6) is 11.5 Å². The molecule has 3 aromatic rings. The van der Waals surface area contributed by atoms with Crippen molar-refractivity contribution in [2.45, 2.75) is 13.8 Å². The fraction of sp³-hybridized carbons (Fsp3) is 0.154. The summed E-state index contributed by atoms with van der Waals surface area (Å²) < 4.78 is 10.7. The third-order valence-electron chi connectivity index (χ3n) is 5.55. The summed E-state index contributed by atoms with van der Waals surface area (Å²) in [5.41, 5.74) is 4.46. The number of imide groups is 1. The Morgan fingerprint density at radius 3 is 2.19 bits per heavy atom. The molecule has 1 N–H and O–H groups in total. The van der Waals surface area contributed by atoms with E-state index in [-0.39, 0.29) is 5.70 Å². The fourth-order valence-corrected chi connectivity index (χ4v) is 3.67. The van der Waals surface area contributed by atoms with Crippen LogP contribution in [0.3, 0.4) is 0 Å². The molecule has 0 aliphatic carbocycles. The Hall–Kier alpha value is -4.06. The SMILES string of the molecule is COc1ccc(OC)c(N2C(=O)C(Nc3ccc(C)c(C)c3)=C(c3ccccc3)C2=O)c1. The molecule has 6 nitrogen and oxygen atoms in total. The van der Waals surface area contributed by atoms with Crippen molar-refractivity contribution in [1.82, 2.24) is 0 Å². The number of methoxy groups -OCH3 is 2. The predicted octanol–water partition coefficient (Wildman–Crippen LogP) is 4.72. The van der Waals surface area contributed by atoms with E-state index in [2.05, 4.69) is 5.32 Å². The molecule has 0 bridgehead atoms. The molecule has 6 heteroatoms. The van der Waals surface area contributed by atoms with Gasteiger partial charge in [0.15, 0.2) is 0 Å². The lowest BCUT2D eigenvalue weighted by atomic mass is 10.0. The molecule has 0 saturated heterocycles. The van der Waals surface area contributed by atoms with Crippen LogP contribution in [-0.4, -0.2) is 26.0 Å². The minimum Gasteiger partial charge on any atom is -0.497 e. The van der Waals surface area contributed by atoms with Gasteiger partial charge >= 0.3 is 0 Å². The van der Waals surface area contributed by atoms with E-state index in [9.17, 15) is 9.59 Å². The highest BCUT2D eigenvalue weighted by Crippen LogP contribution is 2.39. The van der Waals surface area contributed by atoms with Gasteiger partial charge in [0.25, 0.3) is 11.8 Å². The van der Waals surface area contributed by atoms with Crippen molar-refractivity contribution in [3.05, 3.63) is 89.1 Å². The number of anilines is 2. The lowest BCUT2D eigenvalue weighted by Crippen LogP contribution is -2.32. The summed E-state index contributed by atoms with van der Waals surface area (Å²) in [5.74, 6) is 0.0169. The molecule has 2 amide bonds. The fourth-order valence-electron chi connectivity index (χ4n) is 3.67. The summed E-state index contributed by atoms with van der Waals surface area (Å²) in [6.07, 6.45) is 0. The average molecular weight is 428 g/mol. The van der Waals surface area contributed by atoms with Gasteiger partial charge < -0.3 is 14.8 Å². The van der Waals surface area contributed by atoms with E-state index in [0.717, 1.165) is 21.7 Å². The van der Waals surface area contributed by atoms with Gasteiger partial charge in [0.1, 0.15) is 17.2 Å². The van der Waals surface area contributed by atoms with E-state index in [1.54, 1.807) is 18.2 Å². The highest BCUT2D eigenvalue weighted by atomic mass is 16.5. The van der Waals surface area contributed by atoms with Crippen LogP contribution >= 0.6 is 0 Å². The maximum Gasteiger partial charge on any atom is 0.282 e. The molecule has 0 radical (unpaired) electrons. The van der Waals surface area contributed by atoms with Gasteiger partial charge in [-0.3, -0.25) is 9.59 Å². The zero-order valence-corrected chi connectivity index (χ0v) is 18.4. The molecule has 0 spiro atoms. The molecule has 3 aromatic carbocycles. The first-order valence-corrected chi connectivity index (χ1v) is 10.2. The molecule has 4 rings (SSSR count). The number of nitrogens with zero attached hydrogens (tertiary/aromatic N) is 1. The lowest BCUT2D eigenvalue weighted by molar-refractivity contribution is -0.120. The minimum atomic E-state index is -0.460. The van der Waals surface area contributed by atoms with E-state index < -0.39 is 11.8 Å². The Bertz CT molecular complexity index is 1230. The van der Waals surface area contributed by atoms with Crippen molar-refractivity contribution in [3.63, 3.8) is 0 Å². The monoisotopic (exact) mass is 428 g/mol. The maximum absolute atomic E-state index is 13.6. The van der Waals surface area contributed by atoms with Gasteiger partial charge in [-0.15, -0.1) is 0 Å². The molecule has 32 heavy (non-hydrogen) atoms. The van der Waals surface area contributed by atoms with Gasteiger partial charge in [-0.05, 0) is 54.8 Å². The molecule has 0 unspecified atom stereocenters. The Kier molecular flexibility index (Phi) is 5.69. The third kappa shape index (κ3) is 3.71. The molecule has 1 heterocycles. The Morgan fingerprint density at radius 2 is 1.53 bits per heavy atom. The first kappa shape index (κ1) is 21.2. The van der Waals surface area contributed by atoms with Crippen LogP contribution in [0, 0.1) is 13.8 Å². The number of benzene rings is 3. The Morgan fingerprint density at radius 1 is 0.781 bits per heavy atom. The summed E-state index contributed by atoms with van der Waals surface area (Å²) >= 11 is 0. The highest BCUT2D eigenvalue weighted by molar-refractivity contribution is 6.46. The van der Waals surface area contributed by atoms with Crippen molar-refractivity contribution in [2.24, 2.45) is 0 Å². The van der Waals surface area contributed by atoms with Crippen LogP contribution in [0.2, 0.25) is 0 Å². The van der Waals surface area contributed by atoms with Crippen molar-refractivity contribution >= 4 is 28.8 Å². The summed E-state index contributed by atoms with van der Waals surface area (Å²) in [6, 6.07) is 20.0. The average Bonchev–Trinajstić information content (AvgIpc) is 3.05. The lowest BCUT2D eigenvalue weighted by Gasteiger charge is -2.19. The molecule has 1 aliphatic rings. The first-order chi connectivity index (χ1) is 15.4. The van der Waals surface area contributed by atoms with Gasteiger partial charge in [0.2, 0.25) is 0 Å². The highest BCUT2D eigenvalue weighted by Gasteiger charge is 2.41. The number of ether oxygens (including phenoxy) is 2. The second-order valence-electron chi connectivity index (χ2n) is 7.52. The van der Waals surface area contributed by atoms with Crippen molar-refractivity contribution in [1.29, 1.82) is 0 Å². The van der Waals surface area contributed by atoms with Crippen LogP contribution in [0.15, 0.2) is 72.4 Å². The quantitative estimate of drug-likeness (QED) is 0.576. The number of carbonyl (C=O) groups excluding carboxylic acids is 2. The molecule has 0 aromatic heterocycles. The second-order valence-corrected chi connectivity index (χ2v) is 7.52. The molecule has 162 valence electrons. The van der Waals surface area contributed by atoms with Crippen LogP contribution in [0.25, 0.3) is 5.57 Å². The van der Waals surface area contributed by atoms with E-state index in [0.29, 0.717) is 28.3 Å². The summed E-state index contributed by atoms with van der Waals surface area (Å²) in [6.45, 7) is 4.02. The Labute approximate surface area is 187 Å². The summed E-state index contributed by atoms with van der Waals surface area (Å²) in [4.78, 5) is 28.4. The number of nitrogens with one attached hydrogen (secondary N) is 1. The van der Waals surface area contributed by atoms with Crippen LogP contribution in [0.1, 0.15) is 16.7 Å². The zero-order chi connectivity index (χ0) is 22.8. The van der Waals surface area contributed by atoms with Gasteiger partial charge in [-0.25, -0.2) is 4.90 Å². The number of hydrogen-bond donors (Lipinski definition) is 1. The predicted molar refractivity (Wildman–Crippen MR) is 125 cm³/mol. The normalized spacial score (nSPS) is 13.6. The smallest absolute Gasteiger partial charge is 0.282 e. The topological polar surface area (TPSA) is 67.9 Å². The van der Waals surface area contributed by atoms with E-state index in [4.69, 9.17) is 9.47 Å². The van der Waals surface area contributed by atoms with Gasteiger partial charge in [0, 0.05) is 11.8 Å². The molecule has 0 fully saturated rings. The summed E-state index contributed by atoms with van der Waals surface area (Å²) in [5, 5.41) is 3.20. The molecule has 0 saturated carbocycles. The standard InChI is InChI=1S/C26H24N2O4/c1-16-10-11-19(14-17(16)2)27-24-23(18-8-6-5-7-9-18)25(29)28(26(24)30)21-15-20(31-3)12-13-22(21)32-4/h5-15,27H,1-4H3. The number of hydrogen-bond acceptors (Lipinski definition) is 5. The largest absolute Gasteiger partial charge is 0.497 e. The van der Waals surface area contributed by atoms with Crippen LogP contribution in [-0.2, 0) is 9.59 Å². The number of rotatable bonds is 6. The number of amides is 2. The van der Waals surface area contributed by atoms with Crippen molar-refractivity contribution < 1.29 is 19.1 Å². The second kappa shape index (κ2) is 8.59. The summed E-state index contributed by atoms with van der Waals surface area (Å²) in [7, 11) is 3.02. The molecule has 0 atom stereocenters. The Balaban J connectivity index is 1.85. The van der Waals surface area contributed by atoms with E-state index >= 15 is 0 Å². The van der Waals surface area contributed by atoms with E-state index in [1.807, 2.05) is 62.4 Å². The third-order valence-corrected chi connectivity index (χ3v) is 5.55. The van der Waals surface area contributed by atoms with Gasteiger partial charge in [-0.2, -0.15) is 0 Å². The molecular formula is C26H24N2O4. The number of aryl methyl sites for hydroxylation is 2. The van der Waals surface area contributed by atoms with Gasteiger partial charge in [0.05, 0.1) is 25.5 Å².